The number of sulfone groups is 1. The van der Waals surface area contributed by atoms with Gasteiger partial charge in [-0.3, -0.25) is 4.79 Å². The lowest BCUT2D eigenvalue weighted by molar-refractivity contribution is -0.115. The molecule has 1 aromatic heterocycles. The zero-order valence-corrected chi connectivity index (χ0v) is 17.9. The van der Waals surface area contributed by atoms with E-state index in [4.69, 9.17) is 0 Å². The lowest BCUT2D eigenvalue weighted by Gasteiger charge is -2.10. The van der Waals surface area contributed by atoms with Gasteiger partial charge in [-0.2, -0.15) is 0 Å². The first-order chi connectivity index (χ1) is 14.3. The quantitative estimate of drug-likeness (QED) is 0.653. The van der Waals surface area contributed by atoms with Crippen molar-refractivity contribution in [2.24, 2.45) is 0 Å². The van der Waals surface area contributed by atoms with Gasteiger partial charge in [-0.1, -0.05) is 24.3 Å². The van der Waals surface area contributed by atoms with Crippen molar-refractivity contribution in [2.45, 2.75) is 49.8 Å². The first-order valence-electron chi connectivity index (χ1n) is 10.1. The Labute approximate surface area is 176 Å². The molecule has 1 aliphatic rings. The predicted octanol–water partition coefficient (Wildman–Crippen LogP) is 3.86. The molecule has 2 heterocycles. The molecule has 0 fully saturated rings. The van der Waals surface area contributed by atoms with Gasteiger partial charge in [0.15, 0.2) is 9.84 Å². The first kappa shape index (κ1) is 20.3. The Morgan fingerprint density at radius 2 is 1.80 bits per heavy atom. The highest BCUT2D eigenvalue weighted by Gasteiger charge is 2.19. The van der Waals surface area contributed by atoms with Crippen molar-refractivity contribution >= 4 is 21.4 Å². The van der Waals surface area contributed by atoms with Gasteiger partial charge in [-0.15, -0.1) is 0 Å². The maximum absolute atomic E-state index is 12.4. The number of amides is 1. The normalized spacial score (nSPS) is 13.4. The van der Waals surface area contributed by atoms with Crippen LogP contribution in [0.2, 0.25) is 0 Å². The maximum atomic E-state index is 12.4. The third kappa shape index (κ3) is 4.03. The molecule has 1 amide bonds. The van der Waals surface area contributed by atoms with E-state index < -0.39 is 15.1 Å². The van der Waals surface area contributed by atoms with E-state index >= 15 is 0 Å². The van der Waals surface area contributed by atoms with E-state index in [9.17, 15) is 13.2 Å². The summed E-state index contributed by atoms with van der Waals surface area (Å²) in [6.45, 7) is 4.31. The third-order valence-electron chi connectivity index (χ3n) is 5.42. The highest BCUT2D eigenvalue weighted by atomic mass is 32.2. The number of benzene rings is 2. The molecule has 7 heteroatoms. The van der Waals surface area contributed by atoms with E-state index in [2.05, 4.69) is 14.9 Å². The van der Waals surface area contributed by atoms with Gasteiger partial charge in [0, 0.05) is 18.7 Å². The zero-order chi connectivity index (χ0) is 21.3. The summed E-state index contributed by atoms with van der Waals surface area (Å²) < 4.78 is 26.6. The van der Waals surface area contributed by atoms with Crippen LogP contribution in [0.3, 0.4) is 0 Å². The molecular weight excluding hydrogens is 398 g/mol. The molecule has 0 saturated carbocycles. The summed E-state index contributed by atoms with van der Waals surface area (Å²) in [6, 6.07) is 14.3. The van der Waals surface area contributed by atoms with E-state index in [1.54, 1.807) is 38.1 Å². The van der Waals surface area contributed by atoms with Gasteiger partial charge in [0.05, 0.1) is 28.5 Å². The highest BCUT2D eigenvalue weighted by molar-refractivity contribution is 7.92. The molecule has 3 aromatic rings. The summed E-state index contributed by atoms with van der Waals surface area (Å²) in [4.78, 5) is 17.2. The molecule has 0 radical (unpaired) electrons. The Bertz CT molecular complexity index is 1160. The second-order valence-corrected chi connectivity index (χ2v) is 10.4. The van der Waals surface area contributed by atoms with Crippen LogP contribution in [0.15, 0.2) is 59.6 Å². The van der Waals surface area contributed by atoms with Gasteiger partial charge in [-0.25, -0.2) is 13.4 Å². The number of hydrogen-bond donors (Lipinski definition) is 1. The number of nitrogens with zero attached hydrogens (tertiary/aromatic N) is 2. The molecule has 0 bridgehead atoms. The van der Waals surface area contributed by atoms with Crippen molar-refractivity contribution in [3.8, 4) is 11.3 Å². The van der Waals surface area contributed by atoms with E-state index in [1.807, 2.05) is 30.5 Å². The number of aromatic nitrogens is 2. The summed E-state index contributed by atoms with van der Waals surface area (Å²) in [5.41, 5.74) is 3.68. The van der Waals surface area contributed by atoms with Gasteiger partial charge < -0.3 is 9.88 Å². The Hall–Kier alpha value is -2.93. The van der Waals surface area contributed by atoms with Crippen molar-refractivity contribution < 1.29 is 13.2 Å². The maximum Gasteiger partial charge on any atom is 0.228 e. The van der Waals surface area contributed by atoms with Gasteiger partial charge in [0.1, 0.15) is 5.82 Å². The third-order valence-corrected chi connectivity index (χ3v) is 7.59. The molecule has 1 N–H and O–H groups in total. The summed E-state index contributed by atoms with van der Waals surface area (Å²) in [7, 11) is -3.30. The Kier molecular flexibility index (Phi) is 5.47. The molecule has 2 aromatic carbocycles. The predicted molar refractivity (Wildman–Crippen MR) is 117 cm³/mol. The first-order valence-corrected chi connectivity index (χ1v) is 11.7. The summed E-state index contributed by atoms with van der Waals surface area (Å²) in [6.07, 6.45) is 4.25. The highest BCUT2D eigenvalue weighted by Crippen LogP contribution is 2.26. The molecule has 0 unspecified atom stereocenters. The Balaban J connectivity index is 1.39. The van der Waals surface area contributed by atoms with Crippen LogP contribution in [0.5, 0.6) is 0 Å². The van der Waals surface area contributed by atoms with Crippen LogP contribution < -0.4 is 5.32 Å². The van der Waals surface area contributed by atoms with E-state index in [-0.39, 0.29) is 17.2 Å². The Morgan fingerprint density at radius 3 is 2.47 bits per heavy atom. The molecule has 4 rings (SSSR count). The number of rotatable bonds is 6. The number of imidazole rings is 1. The molecular formula is C23H25N3O3S. The molecule has 156 valence electrons. The minimum atomic E-state index is -3.30. The van der Waals surface area contributed by atoms with Gasteiger partial charge in [-0.05, 0) is 55.7 Å². The van der Waals surface area contributed by atoms with Crippen molar-refractivity contribution in [3.63, 3.8) is 0 Å². The average molecular weight is 424 g/mol. The van der Waals surface area contributed by atoms with Crippen molar-refractivity contribution in [3.05, 3.63) is 66.1 Å². The summed E-state index contributed by atoms with van der Waals surface area (Å²) >= 11 is 0. The van der Waals surface area contributed by atoms with Gasteiger partial charge in [0.2, 0.25) is 5.91 Å². The van der Waals surface area contributed by atoms with Gasteiger partial charge >= 0.3 is 0 Å². The number of fused-ring (bicyclic) bond motifs is 1. The number of nitrogens with one attached hydrogen (secondary N) is 1. The molecule has 30 heavy (non-hydrogen) atoms. The molecule has 0 saturated heterocycles. The SMILES string of the molecule is CC(C)S(=O)(=O)c1ccc(CC(=O)Nc2ccc(-c3cnc4n3CCC4)cc2)cc1. The standard InChI is InChI=1S/C23H25N3O3S/c1-16(2)30(28,29)20-11-5-17(6-12-20)14-23(27)25-19-9-7-18(8-10-19)21-15-24-22-4-3-13-26(21)22/h5-12,15-16H,3-4,13-14H2,1-2H3,(H,25,27). The second-order valence-electron chi connectivity index (χ2n) is 7.85. The molecule has 0 atom stereocenters. The molecule has 0 aliphatic carbocycles. The lowest BCUT2D eigenvalue weighted by atomic mass is 10.1. The number of aryl methyl sites for hydroxylation is 1. The lowest BCUT2D eigenvalue weighted by Crippen LogP contribution is -2.15. The van der Waals surface area contributed by atoms with Crippen molar-refractivity contribution in [2.75, 3.05) is 5.32 Å². The van der Waals surface area contributed by atoms with Crippen LogP contribution in [0.4, 0.5) is 5.69 Å². The largest absolute Gasteiger partial charge is 0.328 e. The van der Waals surface area contributed by atoms with Crippen LogP contribution >= 0.6 is 0 Å². The topological polar surface area (TPSA) is 81.1 Å². The zero-order valence-electron chi connectivity index (χ0n) is 17.1. The number of hydrogen-bond acceptors (Lipinski definition) is 4. The van der Waals surface area contributed by atoms with E-state index in [0.29, 0.717) is 0 Å². The van der Waals surface area contributed by atoms with Crippen LogP contribution in [-0.4, -0.2) is 29.1 Å². The fourth-order valence-electron chi connectivity index (χ4n) is 3.67. The summed E-state index contributed by atoms with van der Waals surface area (Å²) in [5, 5.41) is 2.42. The number of carbonyl (C=O) groups is 1. The fourth-order valence-corrected chi connectivity index (χ4v) is 4.73. The van der Waals surface area contributed by atoms with Gasteiger partial charge in [0.25, 0.3) is 0 Å². The Morgan fingerprint density at radius 1 is 1.10 bits per heavy atom. The fraction of sp³-hybridized carbons (Fsp3) is 0.304. The minimum Gasteiger partial charge on any atom is -0.328 e. The average Bonchev–Trinajstić information content (AvgIpc) is 3.33. The van der Waals surface area contributed by atoms with Crippen LogP contribution in [-0.2, 0) is 34.0 Å². The molecule has 6 nitrogen and oxygen atoms in total. The summed E-state index contributed by atoms with van der Waals surface area (Å²) in [5.74, 6) is 0.988. The van der Waals surface area contributed by atoms with E-state index in [0.717, 1.165) is 47.7 Å². The second kappa shape index (κ2) is 8.07. The smallest absolute Gasteiger partial charge is 0.228 e. The van der Waals surface area contributed by atoms with Crippen LogP contribution in [0.1, 0.15) is 31.7 Å². The molecule has 1 aliphatic heterocycles. The van der Waals surface area contributed by atoms with Crippen LogP contribution in [0, 0.1) is 0 Å². The van der Waals surface area contributed by atoms with Crippen molar-refractivity contribution in [1.29, 1.82) is 0 Å². The van der Waals surface area contributed by atoms with Crippen LogP contribution in [0.25, 0.3) is 11.3 Å². The molecule has 0 spiro atoms. The monoisotopic (exact) mass is 423 g/mol. The number of carbonyl (C=O) groups excluding carboxylic acids is 1. The number of anilines is 1. The van der Waals surface area contributed by atoms with Crippen molar-refractivity contribution in [1.82, 2.24) is 9.55 Å². The van der Waals surface area contributed by atoms with E-state index in [1.165, 1.54) is 0 Å². The minimum absolute atomic E-state index is 0.146.